The van der Waals surface area contributed by atoms with Gasteiger partial charge in [0.2, 0.25) is 4.90 Å². The fourth-order valence-corrected chi connectivity index (χ4v) is 2.09. The lowest BCUT2D eigenvalue weighted by Crippen LogP contribution is -2.11. The average Bonchev–Trinajstić information content (AvgIpc) is 2.19. The van der Waals surface area contributed by atoms with E-state index in [9.17, 15) is 0 Å². The summed E-state index contributed by atoms with van der Waals surface area (Å²) >= 11 is -0.552. The van der Waals surface area contributed by atoms with Crippen LogP contribution in [0.25, 0.3) is 0 Å². The van der Waals surface area contributed by atoms with Crippen LogP contribution in [0, 0.1) is 0 Å². The minimum Gasteiger partial charge on any atom is -0.399 e. The maximum absolute atomic E-state index is 5.60. The monoisotopic (exact) mass is 214 g/mol. The number of hydrogen-bond donors (Lipinski definition) is 1. The Kier molecular flexibility index (Phi) is 4.79. The lowest BCUT2D eigenvalue weighted by molar-refractivity contribution is 0.285. The first-order valence-corrected chi connectivity index (χ1v) is 5.71. The number of rotatable bonds is 5. The highest BCUT2D eigenvalue weighted by molar-refractivity contribution is 7.87. The average molecular weight is 214 g/mol. The Morgan fingerprint density at radius 1 is 1.07 bits per heavy atom. The summed E-state index contributed by atoms with van der Waals surface area (Å²) in [5, 5.41) is 0. The lowest BCUT2D eigenvalue weighted by atomic mass is 10.3. The van der Waals surface area contributed by atoms with E-state index in [0.29, 0.717) is 13.2 Å². The van der Waals surface area contributed by atoms with Gasteiger partial charge in [0, 0.05) is 17.8 Å². The lowest BCUT2D eigenvalue weighted by Gasteiger charge is -2.01. The van der Waals surface area contributed by atoms with E-state index < -0.39 is 11.5 Å². The fraction of sp³-hybridized carbons (Fsp3) is 0.400. The molecule has 1 rings (SSSR count). The molecule has 0 fully saturated rings. The molecule has 0 unspecified atom stereocenters. The van der Waals surface area contributed by atoms with Gasteiger partial charge in [-0.1, -0.05) is 0 Å². The quantitative estimate of drug-likeness (QED) is 0.603. The summed E-state index contributed by atoms with van der Waals surface area (Å²) in [6, 6.07) is 7.58. The second-order valence-corrected chi connectivity index (χ2v) is 4.03. The zero-order chi connectivity index (χ0) is 10.4. The largest absolute Gasteiger partial charge is 0.399 e. The van der Waals surface area contributed by atoms with Crippen molar-refractivity contribution in [2.45, 2.75) is 18.7 Å². The van der Waals surface area contributed by atoms with Gasteiger partial charge in [-0.25, -0.2) is 0 Å². The van der Waals surface area contributed by atoms with Crippen molar-refractivity contribution in [1.29, 1.82) is 0 Å². The van der Waals surface area contributed by atoms with Crippen LogP contribution in [0.5, 0.6) is 0 Å². The molecule has 1 aromatic carbocycles. The number of nitrogen functional groups attached to an aromatic ring is 1. The molecular weight excluding hydrogens is 198 g/mol. The second-order valence-electron chi connectivity index (χ2n) is 2.62. The summed E-state index contributed by atoms with van der Waals surface area (Å²) in [4.78, 5) is 1.03. The van der Waals surface area contributed by atoms with E-state index in [1.807, 2.05) is 38.1 Å². The third-order valence-corrected chi connectivity index (χ3v) is 3.08. The molecule has 0 aromatic heterocycles. The molecule has 0 saturated carbocycles. The van der Waals surface area contributed by atoms with Gasteiger partial charge in [-0.15, -0.1) is 8.37 Å². The van der Waals surface area contributed by atoms with Crippen LogP contribution in [-0.2, 0) is 19.8 Å². The van der Waals surface area contributed by atoms with E-state index in [0.717, 1.165) is 10.6 Å². The topological polar surface area (TPSA) is 44.5 Å². The number of benzene rings is 1. The van der Waals surface area contributed by atoms with Gasteiger partial charge in [0.05, 0.1) is 0 Å². The molecule has 4 heteroatoms. The number of anilines is 1. The Balaban J connectivity index is 2.71. The van der Waals surface area contributed by atoms with Gasteiger partial charge < -0.3 is 5.73 Å². The first kappa shape index (κ1) is 11.4. The van der Waals surface area contributed by atoms with E-state index in [1.54, 1.807) is 0 Å². The van der Waals surface area contributed by atoms with Crippen LogP contribution in [0.15, 0.2) is 29.2 Å². The van der Waals surface area contributed by atoms with Crippen LogP contribution in [0.3, 0.4) is 0 Å². The van der Waals surface area contributed by atoms with E-state index >= 15 is 0 Å². The molecule has 0 atom stereocenters. The van der Waals surface area contributed by atoms with Crippen LogP contribution in [0.2, 0.25) is 0 Å². The zero-order valence-corrected chi connectivity index (χ0v) is 9.34. The molecule has 0 spiro atoms. The van der Waals surface area contributed by atoms with Crippen LogP contribution in [0.1, 0.15) is 13.8 Å². The molecule has 3 nitrogen and oxygen atoms in total. The Labute approximate surface area is 88.0 Å². The second kappa shape index (κ2) is 5.90. The fourth-order valence-electron chi connectivity index (χ4n) is 0.963. The molecule has 0 saturated heterocycles. The van der Waals surface area contributed by atoms with Crippen molar-refractivity contribution in [3.63, 3.8) is 0 Å². The molecule has 0 amide bonds. The van der Waals surface area contributed by atoms with Gasteiger partial charge in [0.15, 0.2) is 0 Å². The van der Waals surface area contributed by atoms with Gasteiger partial charge in [0.25, 0.3) is 0 Å². The van der Waals surface area contributed by atoms with Crippen molar-refractivity contribution in [2.24, 2.45) is 0 Å². The maximum atomic E-state index is 5.60. The molecular formula is C10H16NO2S+. The minimum absolute atomic E-state index is 0.552. The van der Waals surface area contributed by atoms with Gasteiger partial charge in [-0.2, -0.15) is 0 Å². The van der Waals surface area contributed by atoms with E-state index in [1.165, 1.54) is 0 Å². The van der Waals surface area contributed by atoms with Crippen molar-refractivity contribution in [1.82, 2.24) is 0 Å². The van der Waals surface area contributed by atoms with E-state index in [4.69, 9.17) is 14.1 Å². The van der Waals surface area contributed by atoms with Crippen molar-refractivity contribution in [3.8, 4) is 0 Å². The highest BCUT2D eigenvalue weighted by Crippen LogP contribution is 2.17. The molecule has 0 radical (unpaired) electrons. The molecule has 0 heterocycles. The predicted molar refractivity (Wildman–Crippen MR) is 59.7 cm³/mol. The highest BCUT2D eigenvalue weighted by atomic mass is 32.2. The van der Waals surface area contributed by atoms with Gasteiger partial charge in [0.1, 0.15) is 13.2 Å². The van der Waals surface area contributed by atoms with Crippen molar-refractivity contribution >= 4 is 17.1 Å². The summed E-state index contributed by atoms with van der Waals surface area (Å²) in [7, 11) is 0. The smallest absolute Gasteiger partial charge is 0.356 e. The SMILES string of the molecule is CCO[S+](OCC)c1ccc(N)cc1. The van der Waals surface area contributed by atoms with Crippen LogP contribution < -0.4 is 5.73 Å². The predicted octanol–water partition coefficient (Wildman–Crippen LogP) is 2.15. The Hall–Kier alpha value is -0.710. The first-order valence-electron chi connectivity index (χ1n) is 4.64. The summed E-state index contributed by atoms with van der Waals surface area (Å²) in [5.41, 5.74) is 6.35. The van der Waals surface area contributed by atoms with Crippen molar-refractivity contribution in [3.05, 3.63) is 24.3 Å². The third-order valence-electron chi connectivity index (χ3n) is 1.52. The summed E-state index contributed by atoms with van der Waals surface area (Å²) < 4.78 is 10.9. The van der Waals surface area contributed by atoms with Gasteiger partial charge in [-0.3, -0.25) is 0 Å². The standard InChI is InChI=1S/C10H16NO2S/c1-3-12-14(13-4-2)10-7-5-9(11)6-8-10/h5-8H,3-4,11H2,1-2H3/q+1. The third kappa shape index (κ3) is 3.21. The summed E-state index contributed by atoms with van der Waals surface area (Å²) in [5.74, 6) is 0. The minimum atomic E-state index is -0.552. The van der Waals surface area contributed by atoms with Crippen LogP contribution in [0.4, 0.5) is 5.69 Å². The number of hydrogen-bond acceptors (Lipinski definition) is 3. The molecule has 14 heavy (non-hydrogen) atoms. The van der Waals surface area contributed by atoms with E-state index in [-0.39, 0.29) is 0 Å². The molecule has 1 aromatic rings. The molecule has 0 aliphatic carbocycles. The Bertz CT molecular complexity index is 257. The first-order chi connectivity index (χ1) is 6.77. The zero-order valence-electron chi connectivity index (χ0n) is 8.53. The molecule has 2 N–H and O–H groups in total. The van der Waals surface area contributed by atoms with Crippen molar-refractivity contribution in [2.75, 3.05) is 18.9 Å². The summed E-state index contributed by atoms with van der Waals surface area (Å²) in [6.07, 6.45) is 0. The highest BCUT2D eigenvalue weighted by Gasteiger charge is 2.25. The Morgan fingerprint density at radius 3 is 2.00 bits per heavy atom. The van der Waals surface area contributed by atoms with Crippen LogP contribution in [-0.4, -0.2) is 13.2 Å². The summed E-state index contributed by atoms with van der Waals surface area (Å²) in [6.45, 7) is 5.20. The van der Waals surface area contributed by atoms with Crippen molar-refractivity contribution < 1.29 is 8.37 Å². The van der Waals surface area contributed by atoms with Gasteiger partial charge >= 0.3 is 11.5 Å². The maximum Gasteiger partial charge on any atom is 0.356 e. The normalized spacial score (nSPS) is 10.8. The van der Waals surface area contributed by atoms with Crippen LogP contribution >= 0.6 is 0 Å². The van der Waals surface area contributed by atoms with Gasteiger partial charge in [-0.05, 0) is 26.0 Å². The molecule has 0 bridgehead atoms. The molecule has 0 aliphatic heterocycles. The Morgan fingerprint density at radius 2 is 1.57 bits per heavy atom. The molecule has 0 aliphatic rings. The molecule has 78 valence electrons. The number of nitrogens with two attached hydrogens (primary N) is 1. The van der Waals surface area contributed by atoms with E-state index in [2.05, 4.69) is 0 Å².